The van der Waals surface area contributed by atoms with Crippen molar-refractivity contribution in [2.24, 2.45) is 5.41 Å². The van der Waals surface area contributed by atoms with Crippen LogP contribution in [0, 0.1) is 5.41 Å². The number of Topliss-reactive ketones (excluding diaryl/α,β-unsaturated/α-hetero) is 1. The third-order valence-electron chi connectivity index (χ3n) is 5.95. The molecular weight excluding hydrogens is 310 g/mol. The van der Waals surface area contributed by atoms with E-state index in [9.17, 15) is 4.79 Å². The van der Waals surface area contributed by atoms with Crippen molar-refractivity contribution in [1.82, 2.24) is 9.97 Å². The van der Waals surface area contributed by atoms with E-state index >= 15 is 0 Å². The van der Waals surface area contributed by atoms with Crippen molar-refractivity contribution in [3.05, 3.63) is 29.5 Å². The molecule has 0 unspecified atom stereocenters. The molecule has 120 valence electrons. The van der Waals surface area contributed by atoms with Crippen LogP contribution in [0.3, 0.4) is 0 Å². The molecule has 0 atom stereocenters. The average Bonchev–Trinajstić information content (AvgIpc) is 2.57. The number of nitrogens with zero attached hydrogens (tertiary/aromatic N) is 2. The molecular formula is C18H20ClN3O. The highest BCUT2D eigenvalue weighted by Gasteiger charge is 2.50. The summed E-state index contributed by atoms with van der Waals surface area (Å²) in [4.78, 5) is 20.7. The fourth-order valence-corrected chi connectivity index (χ4v) is 4.46. The number of anilines is 1. The van der Waals surface area contributed by atoms with Crippen molar-refractivity contribution in [2.75, 3.05) is 5.32 Å². The van der Waals surface area contributed by atoms with Gasteiger partial charge >= 0.3 is 0 Å². The highest BCUT2D eigenvalue weighted by atomic mass is 35.5. The van der Waals surface area contributed by atoms with Crippen molar-refractivity contribution < 1.29 is 4.79 Å². The largest absolute Gasteiger partial charge is 0.365 e. The van der Waals surface area contributed by atoms with Crippen molar-refractivity contribution in [1.29, 1.82) is 0 Å². The fraction of sp³-hybridized carbons (Fsp3) is 0.500. The van der Waals surface area contributed by atoms with Gasteiger partial charge in [0, 0.05) is 22.5 Å². The topological polar surface area (TPSA) is 54.9 Å². The van der Waals surface area contributed by atoms with E-state index < -0.39 is 0 Å². The Hall–Kier alpha value is -1.68. The number of ketones is 1. The van der Waals surface area contributed by atoms with Gasteiger partial charge in [-0.2, -0.15) is 0 Å². The molecule has 2 heterocycles. The SMILES string of the molecule is CC(=O)C12CCC(Nc3ccc4ccnc(Cl)c4n3)(CC1)CC2. The first kappa shape index (κ1) is 14.9. The van der Waals surface area contributed by atoms with Crippen LogP contribution in [-0.4, -0.2) is 21.3 Å². The van der Waals surface area contributed by atoms with E-state index in [1.807, 2.05) is 18.2 Å². The van der Waals surface area contributed by atoms with Gasteiger partial charge in [-0.3, -0.25) is 4.79 Å². The van der Waals surface area contributed by atoms with Crippen molar-refractivity contribution in [2.45, 2.75) is 51.0 Å². The number of rotatable bonds is 3. The molecule has 23 heavy (non-hydrogen) atoms. The zero-order valence-electron chi connectivity index (χ0n) is 13.2. The number of nitrogens with one attached hydrogen (secondary N) is 1. The van der Waals surface area contributed by atoms with E-state index in [1.165, 1.54) is 0 Å². The summed E-state index contributed by atoms with van der Waals surface area (Å²) in [6.07, 6.45) is 7.77. The number of fused-ring (bicyclic) bond motifs is 4. The maximum absolute atomic E-state index is 12.0. The number of pyridine rings is 2. The third-order valence-corrected chi connectivity index (χ3v) is 6.23. The first-order valence-corrected chi connectivity index (χ1v) is 8.60. The summed E-state index contributed by atoms with van der Waals surface area (Å²) < 4.78 is 0. The molecule has 0 saturated heterocycles. The molecule has 5 heteroatoms. The second-order valence-corrected chi connectivity index (χ2v) is 7.47. The molecule has 3 saturated carbocycles. The maximum Gasteiger partial charge on any atom is 0.155 e. The van der Waals surface area contributed by atoms with Gasteiger partial charge < -0.3 is 5.32 Å². The fourth-order valence-electron chi connectivity index (χ4n) is 4.26. The molecule has 2 bridgehead atoms. The highest BCUT2D eigenvalue weighted by Crippen LogP contribution is 2.53. The van der Waals surface area contributed by atoms with Crippen LogP contribution in [0.25, 0.3) is 10.9 Å². The predicted octanol–water partition coefficient (Wildman–Crippen LogP) is 4.38. The molecule has 5 rings (SSSR count). The molecule has 3 aliphatic carbocycles. The van der Waals surface area contributed by atoms with Crippen LogP contribution in [0.4, 0.5) is 5.82 Å². The van der Waals surface area contributed by atoms with Gasteiger partial charge in [0.2, 0.25) is 0 Å². The Morgan fingerprint density at radius 2 is 1.83 bits per heavy atom. The van der Waals surface area contributed by atoms with Gasteiger partial charge in [-0.25, -0.2) is 9.97 Å². The minimum absolute atomic E-state index is 0.0481. The Labute approximate surface area is 140 Å². The quantitative estimate of drug-likeness (QED) is 0.849. The van der Waals surface area contributed by atoms with Crippen molar-refractivity contribution >= 4 is 34.1 Å². The summed E-state index contributed by atoms with van der Waals surface area (Å²) in [6, 6.07) is 5.95. The summed E-state index contributed by atoms with van der Waals surface area (Å²) in [6.45, 7) is 1.76. The van der Waals surface area contributed by atoms with Gasteiger partial charge in [0.05, 0.1) is 0 Å². The van der Waals surface area contributed by atoms with E-state index in [0.717, 1.165) is 55.2 Å². The lowest BCUT2D eigenvalue weighted by Gasteiger charge is -2.52. The van der Waals surface area contributed by atoms with Gasteiger partial charge in [-0.05, 0) is 63.6 Å². The second-order valence-electron chi connectivity index (χ2n) is 7.11. The first-order chi connectivity index (χ1) is 11.0. The van der Waals surface area contributed by atoms with Crippen LogP contribution in [0.15, 0.2) is 24.4 Å². The lowest BCUT2D eigenvalue weighted by Crippen LogP contribution is -2.53. The molecule has 4 nitrogen and oxygen atoms in total. The Kier molecular flexibility index (Phi) is 3.34. The molecule has 2 aromatic rings. The third kappa shape index (κ3) is 2.40. The number of carbonyl (C=O) groups excluding carboxylic acids is 1. The number of aromatic nitrogens is 2. The van der Waals surface area contributed by atoms with Crippen LogP contribution < -0.4 is 5.32 Å². The first-order valence-electron chi connectivity index (χ1n) is 8.23. The number of hydrogen-bond acceptors (Lipinski definition) is 4. The minimum Gasteiger partial charge on any atom is -0.365 e. The Bertz CT molecular complexity index is 764. The predicted molar refractivity (Wildman–Crippen MR) is 91.7 cm³/mol. The molecule has 0 aliphatic heterocycles. The van der Waals surface area contributed by atoms with Crippen molar-refractivity contribution in [3.63, 3.8) is 0 Å². The van der Waals surface area contributed by atoms with Crippen LogP contribution in [0.2, 0.25) is 5.15 Å². The van der Waals surface area contributed by atoms with E-state index in [-0.39, 0.29) is 11.0 Å². The highest BCUT2D eigenvalue weighted by molar-refractivity contribution is 6.33. The molecule has 0 amide bonds. The smallest absolute Gasteiger partial charge is 0.155 e. The number of halogens is 1. The number of carbonyl (C=O) groups is 1. The van der Waals surface area contributed by atoms with Crippen LogP contribution >= 0.6 is 11.6 Å². The van der Waals surface area contributed by atoms with E-state index in [4.69, 9.17) is 11.6 Å². The van der Waals surface area contributed by atoms with Gasteiger partial charge in [-0.1, -0.05) is 11.6 Å². The summed E-state index contributed by atoms with van der Waals surface area (Å²) in [5, 5.41) is 5.08. The Morgan fingerprint density at radius 3 is 2.48 bits per heavy atom. The van der Waals surface area contributed by atoms with Gasteiger partial charge in [-0.15, -0.1) is 0 Å². The molecule has 2 aromatic heterocycles. The van der Waals surface area contributed by atoms with Crippen LogP contribution in [0.1, 0.15) is 45.4 Å². The monoisotopic (exact) mass is 329 g/mol. The molecule has 3 aliphatic rings. The molecule has 0 aromatic carbocycles. The lowest BCUT2D eigenvalue weighted by molar-refractivity contribution is -0.132. The second kappa shape index (κ2) is 5.17. The van der Waals surface area contributed by atoms with Gasteiger partial charge in [0.1, 0.15) is 17.1 Å². The Morgan fingerprint density at radius 1 is 1.13 bits per heavy atom. The summed E-state index contributed by atoms with van der Waals surface area (Å²) in [7, 11) is 0. The molecule has 1 N–H and O–H groups in total. The minimum atomic E-state index is -0.0481. The Balaban J connectivity index is 1.60. The van der Waals surface area contributed by atoms with Crippen molar-refractivity contribution in [3.8, 4) is 0 Å². The van der Waals surface area contributed by atoms with E-state index in [0.29, 0.717) is 10.9 Å². The summed E-state index contributed by atoms with van der Waals surface area (Å²) in [5.41, 5.74) is 0.764. The van der Waals surface area contributed by atoms with E-state index in [1.54, 1.807) is 13.1 Å². The summed E-state index contributed by atoms with van der Waals surface area (Å²) in [5.74, 6) is 1.22. The maximum atomic E-state index is 12.0. The zero-order valence-corrected chi connectivity index (χ0v) is 14.0. The standard InChI is InChI=1S/C18H20ClN3O/c1-12(23)17-5-8-18(9-6-17,10-7-17)22-14-3-2-13-4-11-20-16(19)15(13)21-14/h2-4,11H,5-10H2,1H3,(H,21,22). The van der Waals surface area contributed by atoms with Crippen LogP contribution in [-0.2, 0) is 4.79 Å². The number of hydrogen-bond donors (Lipinski definition) is 1. The molecule has 0 radical (unpaired) electrons. The normalized spacial score (nSPS) is 29.7. The average molecular weight is 330 g/mol. The van der Waals surface area contributed by atoms with Gasteiger partial charge in [0.25, 0.3) is 0 Å². The lowest BCUT2D eigenvalue weighted by atomic mass is 9.56. The molecule has 3 fully saturated rings. The summed E-state index contributed by atoms with van der Waals surface area (Å²) >= 11 is 6.16. The molecule has 0 spiro atoms. The zero-order chi connectivity index (χ0) is 16.1. The van der Waals surface area contributed by atoms with Gasteiger partial charge in [0.15, 0.2) is 5.15 Å². The van der Waals surface area contributed by atoms with Crippen LogP contribution in [0.5, 0.6) is 0 Å². The van der Waals surface area contributed by atoms with E-state index in [2.05, 4.69) is 15.3 Å².